The van der Waals surface area contributed by atoms with Crippen molar-refractivity contribution in [1.82, 2.24) is 4.98 Å². The minimum Gasteiger partial charge on any atom is -0.395 e. The van der Waals surface area contributed by atoms with Gasteiger partial charge >= 0.3 is 0 Å². The summed E-state index contributed by atoms with van der Waals surface area (Å²) in [5.74, 6) is 0. The number of halogens is 2. The molecule has 1 aromatic rings. The maximum Gasteiger partial charge on any atom is 0.156 e. The molecule has 0 aromatic carbocycles. The van der Waals surface area contributed by atoms with Crippen molar-refractivity contribution in [3.05, 3.63) is 23.0 Å². The topological polar surface area (TPSA) is 77.0 Å². The Morgan fingerprint density at radius 1 is 1.29 bits per heavy atom. The lowest BCUT2D eigenvalue weighted by atomic mass is 10.3. The van der Waals surface area contributed by atoms with E-state index in [1.54, 1.807) is 6.08 Å². The summed E-state index contributed by atoms with van der Waals surface area (Å²) in [6, 6.07) is 0. The Kier molecular flexibility index (Phi) is 3.43. The molecule has 14 heavy (non-hydrogen) atoms. The molecule has 0 saturated carbocycles. The molecular weight excluding hydrogens is 223 g/mol. The lowest BCUT2D eigenvalue weighted by Gasteiger charge is -2.11. The van der Waals surface area contributed by atoms with Gasteiger partial charge in [0.05, 0.1) is 17.1 Å². The number of hydrogen-bond donors (Lipinski definition) is 3. The third-order valence-electron chi connectivity index (χ3n) is 1.61. The highest BCUT2D eigenvalue weighted by molar-refractivity contribution is 6.36. The maximum absolute atomic E-state index is 5.81. The van der Waals surface area contributed by atoms with Crippen molar-refractivity contribution in [3.63, 3.8) is 0 Å². The highest BCUT2D eigenvalue weighted by Crippen LogP contribution is 2.35. The molecule has 0 amide bonds. The lowest BCUT2D eigenvalue weighted by molar-refractivity contribution is 1.27. The van der Waals surface area contributed by atoms with Crippen LogP contribution in [0.25, 0.3) is 0 Å². The van der Waals surface area contributed by atoms with E-state index < -0.39 is 0 Å². The number of pyridine rings is 1. The van der Waals surface area contributed by atoms with Crippen molar-refractivity contribution < 1.29 is 0 Å². The van der Waals surface area contributed by atoms with Gasteiger partial charge in [0.1, 0.15) is 0 Å². The van der Waals surface area contributed by atoms with E-state index in [0.717, 1.165) is 0 Å². The van der Waals surface area contributed by atoms with E-state index in [-0.39, 0.29) is 16.0 Å². The summed E-state index contributed by atoms with van der Waals surface area (Å²) in [4.78, 5) is 3.82. The highest BCUT2D eigenvalue weighted by Gasteiger charge is 2.12. The average Bonchev–Trinajstić information content (AvgIpc) is 2.14. The van der Waals surface area contributed by atoms with Gasteiger partial charge in [-0.15, -0.1) is 6.58 Å². The summed E-state index contributed by atoms with van der Waals surface area (Å²) in [6.07, 6.45) is 1.67. The van der Waals surface area contributed by atoms with E-state index in [1.165, 1.54) is 0 Å². The molecule has 0 fully saturated rings. The zero-order chi connectivity index (χ0) is 10.7. The third-order valence-corrected chi connectivity index (χ3v) is 2.17. The van der Waals surface area contributed by atoms with Crippen LogP contribution < -0.4 is 16.8 Å². The van der Waals surface area contributed by atoms with Crippen molar-refractivity contribution >= 4 is 40.3 Å². The van der Waals surface area contributed by atoms with Crippen molar-refractivity contribution in [2.45, 2.75) is 0 Å². The molecule has 0 aliphatic rings. The zero-order valence-corrected chi connectivity index (χ0v) is 8.86. The minimum absolute atomic E-state index is 0.108. The van der Waals surface area contributed by atoms with Crippen molar-refractivity contribution in [1.29, 1.82) is 0 Å². The minimum atomic E-state index is 0.108. The Balaban J connectivity index is 3.15. The molecule has 0 radical (unpaired) electrons. The fourth-order valence-corrected chi connectivity index (χ4v) is 1.38. The first-order chi connectivity index (χ1) is 6.57. The molecule has 0 bridgehead atoms. The Bertz CT molecular complexity index is 365. The van der Waals surface area contributed by atoms with Crippen molar-refractivity contribution in [2.75, 3.05) is 23.3 Å². The monoisotopic (exact) mass is 232 g/mol. The van der Waals surface area contributed by atoms with Gasteiger partial charge in [-0.25, -0.2) is 4.98 Å². The molecule has 4 nitrogen and oxygen atoms in total. The molecule has 0 aliphatic carbocycles. The fraction of sp³-hybridized carbons (Fsp3) is 0.125. The van der Waals surface area contributed by atoms with Crippen molar-refractivity contribution in [2.24, 2.45) is 0 Å². The smallest absolute Gasteiger partial charge is 0.156 e. The van der Waals surface area contributed by atoms with E-state index >= 15 is 0 Å². The molecule has 0 spiro atoms. The standard InChI is InChI=1S/C8H10Cl2N4/c1-2-3-13-6-4(11)5(12)7(9)14-8(6)10/h2,13H,1,3,12H2,(H2,11,14). The predicted octanol–water partition coefficient (Wildman–Crippen LogP) is 2.15. The van der Waals surface area contributed by atoms with Gasteiger partial charge < -0.3 is 16.8 Å². The van der Waals surface area contributed by atoms with Gasteiger partial charge in [0, 0.05) is 6.54 Å². The first-order valence-corrected chi connectivity index (χ1v) is 4.58. The number of nitrogens with zero attached hydrogens (tertiary/aromatic N) is 1. The number of anilines is 3. The predicted molar refractivity (Wildman–Crippen MR) is 61.8 cm³/mol. The molecule has 0 aliphatic heterocycles. The number of hydrogen-bond acceptors (Lipinski definition) is 4. The van der Waals surface area contributed by atoms with Gasteiger partial charge in [0.15, 0.2) is 10.3 Å². The number of aromatic nitrogens is 1. The SMILES string of the molecule is C=CCNc1c(Cl)nc(Cl)c(N)c1N. The van der Waals surface area contributed by atoms with Gasteiger partial charge in [0.2, 0.25) is 0 Å². The normalized spacial score (nSPS) is 9.86. The molecule has 0 unspecified atom stereocenters. The molecular formula is C8H10Cl2N4. The first-order valence-electron chi connectivity index (χ1n) is 3.82. The van der Waals surface area contributed by atoms with E-state index in [0.29, 0.717) is 17.9 Å². The Morgan fingerprint density at radius 2 is 1.93 bits per heavy atom. The fourth-order valence-electron chi connectivity index (χ4n) is 0.902. The van der Waals surface area contributed by atoms with Crippen LogP contribution in [-0.2, 0) is 0 Å². The largest absolute Gasteiger partial charge is 0.395 e. The van der Waals surface area contributed by atoms with E-state index in [9.17, 15) is 0 Å². The van der Waals surface area contributed by atoms with Gasteiger partial charge in [-0.3, -0.25) is 0 Å². The third kappa shape index (κ3) is 2.02. The molecule has 76 valence electrons. The number of nitrogens with one attached hydrogen (secondary N) is 1. The van der Waals surface area contributed by atoms with Gasteiger partial charge in [-0.2, -0.15) is 0 Å². The summed E-state index contributed by atoms with van der Waals surface area (Å²) in [6.45, 7) is 4.07. The van der Waals surface area contributed by atoms with Crippen LogP contribution in [0.15, 0.2) is 12.7 Å². The van der Waals surface area contributed by atoms with Crippen LogP contribution in [0.4, 0.5) is 17.1 Å². The molecule has 0 saturated heterocycles. The van der Waals surface area contributed by atoms with Gasteiger partial charge in [-0.1, -0.05) is 29.3 Å². The summed E-state index contributed by atoms with van der Waals surface area (Å²) >= 11 is 11.5. The Labute approximate surface area is 91.9 Å². The summed E-state index contributed by atoms with van der Waals surface area (Å²) in [5.41, 5.74) is 12.3. The van der Waals surface area contributed by atoms with Crippen LogP contribution in [0, 0.1) is 0 Å². The van der Waals surface area contributed by atoms with Crippen LogP contribution >= 0.6 is 23.2 Å². The molecule has 1 rings (SSSR count). The second-order valence-corrected chi connectivity index (χ2v) is 3.28. The first kappa shape index (κ1) is 10.9. The number of nitrogens with two attached hydrogens (primary N) is 2. The molecule has 1 heterocycles. The van der Waals surface area contributed by atoms with Gasteiger partial charge in [-0.05, 0) is 0 Å². The average molecular weight is 233 g/mol. The van der Waals surface area contributed by atoms with Crippen LogP contribution in [0.5, 0.6) is 0 Å². The molecule has 0 atom stereocenters. The number of nitrogen functional groups attached to an aromatic ring is 2. The molecule has 5 N–H and O–H groups in total. The van der Waals surface area contributed by atoms with Crippen LogP contribution in [0.3, 0.4) is 0 Å². The lowest BCUT2D eigenvalue weighted by Crippen LogP contribution is -2.06. The van der Waals surface area contributed by atoms with E-state index in [1.807, 2.05) is 0 Å². The highest BCUT2D eigenvalue weighted by atomic mass is 35.5. The van der Waals surface area contributed by atoms with Crippen LogP contribution in [0.2, 0.25) is 10.3 Å². The van der Waals surface area contributed by atoms with Gasteiger partial charge in [0.25, 0.3) is 0 Å². The second-order valence-electron chi connectivity index (χ2n) is 2.57. The zero-order valence-electron chi connectivity index (χ0n) is 7.35. The van der Waals surface area contributed by atoms with Crippen LogP contribution in [0.1, 0.15) is 0 Å². The van der Waals surface area contributed by atoms with Crippen LogP contribution in [-0.4, -0.2) is 11.5 Å². The number of rotatable bonds is 3. The summed E-state index contributed by atoms with van der Waals surface area (Å²) in [5, 5.41) is 3.23. The second kappa shape index (κ2) is 4.39. The molecule has 1 aromatic heterocycles. The molecule has 6 heteroatoms. The van der Waals surface area contributed by atoms with Crippen molar-refractivity contribution in [3.8, 4) is 0 Å². The quantitative estimate of drug-likeness (QED) is 0.552. The van der Waals surface area contributed by atoms with E-state index in [4.69, 9.17) is 34.7 Å². The maximum atomic E-state index is 5.81. The Morgan fingerprint density at radius 3 is 2.50 bits per heavy atom. The van der Waals surface area contributed by atoms with E-state index in [2.05, 4.69) is 16.9 Å². The summed E-state index contributed by atoms with van der Waals surface area (Å²) in [7, 11) is 0. The Hall–Kier alpha value is -1.13. The summed E-state index contributed by atoms with van der Waals surface area (Å²) < 4.78 is 0.